The Bertz CT molecular complexity index is 1180. The molecule has 1 saturated heterocycles. The minimum atomic E-state index is 0.0120. The van der Waals surface area contributed by atoms with E-state index in [-0.39, 0.29) is 5.56 Å². The summed E-state index contributed by atoms with van der Waals surface area (Å²) in [6.45, 7) is 3.84. The van der Waals surface area contributed by atoms with Gasteiger partial charge in [-0.15, -0.1) is 0 Å². The monoisotopic (exact) mass is 511 g/mol. The number of aromatic nitrogens is 2. The smallest absolute Gasteiger partial charge is 0.251 e. The third kappa shape index (κ3) is 3.94. The minimum Gasteiger partial charge on any atom is -0.378 e. The molecule has 0 unspecified atom stereocenters. The van der Waals surface area contributed by atoms with E-state index in [0.717, 1.165) is 66.4 Å². The van der Waals surface area contributed by atoms with Gasteiger partial charge >= 0.3 is 0 Å². The number of anilines is 1. The van der Waals surface area contributed by atoms with Crippen molar-refractivity contribution in [1.82, 2.24) is 9.55 Å². The second-order valence-corrected chi connectivity index (χ2v) is 8.87. The molecule has 0 N–H and O–H groups in total. The first-order valence-electron chi connectivity index (χ1n) is 10.1. The molecule has 0 amide bonds. The average molecular weight is 511 g/mol. The lowest BCUT2D eigenvalue weighted by atomic mass is 10.0. The summed E-state index contributed by atoms with van der Waals surface area (Å²) >= 11 is 2.30. The number of hydrogen-bond acceptors (Lipinski definition) is 4. The molecule has 0 saturated carbocycles. The van der Waals surface area contributed by atoms with Gasteiger partial charge in [-0.1, -0.05) is 18.2 Å². The number of allylic oxidation sites excluding steroid dienone is 1. The number of ether oxygens (including phenoxy) is 1. The second kappa shape index (κ2) is 8.35. The van der Waals surface area contributed by atoms with E-state index in [9.17, 15) is 4.79 Å². The maximum absolute atomic E-state index is 12.8. The summed E-state index contributed by atoms with van der Waals surface area (Å²) in [5.41, 5.74) is 6.53. The average Bonchev–Trinajstić information content (AvgIpc) is 3.19. The van der Waals surface area contributed by atoms with Gasteiger partial charge in [0, 0.05) is 40.9 Å². The summed E-state index contributed by atoms with van der Waals surface area (Å²) in [6, 6.07) is 14.2. The number of fused-ring (bicyclic) bond motifs is 1. The summed E-state index contributed by atoms with van der Waals surface area (Å²) in [4.78, 5) is 19.8. The highest BCUT2D eigenvalue weighted by Gasteiger charge is 2.20. The standard InChI is InChI=1S/C24H22IN3O2/c25-19-3-1-2-17(12-19)16-28-7-6-18(13-24(28)29)21-4-5-23-22(21)14-20(15-26-23)27-8-10-30-11-9-27/h1-4,6-7,12-15H,5,8-11,16H2. The second-order valence-electron chi connectivity index (χ2n) is 7.62. The van der Waals surface area contributed by atoms with Crippen LogP contribution in [0.2, 0.25) is 0 Å². The Morgan fingerprint density at radius 1 is 1.10 bits per heavy atom. The van der Waals surface area contributed by atoms with Crippen LogP contribution >= 0.6 is 22.6 Å². The van der Waals surface area contributed by atoms with Crippen LogP contribution in [-0.4, -0.2) is 35.9 Å². The molecule has 1 fully saturated rings. The van der Waals surface area contributed by atoms with E-state index in [0.29, 0.717) is 6.54 Å². The zero-order valence-electron chi connectivity index (χ0n) is 16.6. The normalized spacial score (nSPS) is 15.8. The van der Waals surface area contributed by atoms with Gasteiger partial charge < -0.3 is 14.2 Å². The van der Waals surface area contributed by atoms with Gasteiger partial charge in [0.05, 0.1) is 37.3 Å². The van der Waals surface area contributed by atoms with E-state index in [4.69, 9.17) is 9.72 Å². The molecule has 3 heterocycles. The van der Waals surface area contributed by atoms with E-state index < -0.39 is 0 Å². The maximum atomic E-state index is 12.8. The van der Waals surface area contributed by atoms with Crippen molar-refractivity contribution in [3.05, 3.63) is 97.2 Å². The zero-order valence-corrected chi connectivity index (χ0v) is 18.7. The quantitative estimate of drug-likeness (QED) is 0.502. The largest absolute Gasteiger partial charge is 0.378 e. The first-order chi connectivity index (χ1) is 14.7. The molecule has 152 valence electrons. The van der Waals surface area contributed by atoms with E-state index in [1.165, 1.54) is 3.57 Å². The molecule has 1 aliphatic heterocycles. The van der Waals surface area contributed by atoms with Gasteiger partial charge in [0.2, 0.25) is 0 Å². The Kier molecular flexibility index (Phi) is 5.43. The molecule has 1 aromatic carbocycles. The predicted octanol–water partition coefficient (Wildman–Crippen LogP) is 3.72. The third-order valence-corrected chi connectivity index (χ3v) is 6.34. The lowest BCUT2D eigenvalue weighted by molar-refractivity contribution is 0.122. The summed E-state index contributed by atoms with van der Waals surface area (Å²) < 4.78 is 8.40. The molecule has 0 spiro atoms. The van der Waals surface area contributed by atoms with Gasteiger partial charge in [-0.05, 0) is 63.6 Å². The fourth-order valence-electron chi connectivity index (χ4n) is 4.09. The topological polar surface area (TPSA) is 47.4 Å². The summed E-state index contributed by atoms with van der Waals surface area (Å²) in [7, 11) is 0. The van der Waals surface area contributed by atoms with Crippen LogP contribution in [0.1, 0.15) is 22.4 Å². The molecule has 0 bridgehead atoms. The Morgan fingerprint density at radius 3 is 2.77 bits per heavy atom. The summed E-state index contributed by atoms with van der Waals surface area (Å²) in [6.07, 6.45) is 6.84. The van der Waals surface area contributed by atoms with Crippen molar-refractivity contribution < 1.29 is 4.74 Å². The van der Waals surface area contributed by atoms with Crippen molar-refractivity contribution in [1.29, 1.82) is 0 Å². The molecule has 2 aliphatic rings. The molecule has 0 atom stereocenters. The van der Waals surface area contributed by atoms with Crippen molar-refractivity contribution in [3.63, 3.8) is 0 Å². The molecule has 5 nitrogen and oxygen atoms in total. The van der Waals surface area contributed by atoms with Crippen molar-refractivity contribution in [3.8, 4) is 0 Å². The molecule has 3 aromatic rings. The Balaban J connectivity index is 1.42. The highest BCUT2D eigenvalue weighted by molar-refractivity contribution is 14.1. The van der Waals surface area contributed by atoms with E-state index in [1.807, 2.05) is 24.5 Å². The third-order valence-electron chi connectivity index (χ3n) is 5.67. The van der Waals surface area contributed by atoms with Crippen LogP contribution in [0.15, 0.2) is 65.7 Å². The highest BCUT2D eigenvalue weighted by Crippen LogP contribution is 2.33. The lowest BCUT2D eigenvalue weighted by Gasteiger charge is -2.29. The number of rotatable bonds is 4. The van der Waals surface area contributed by atoms with Gasteiger partial charge in [-0.25, -0.2) is 0 Å². The molecule has 2 aromatic heterocycles. The number of benzene rings is 1. The molecule has 30 heavy (non-hydrogen) atoms. The molecular formula is C24H22IN3O2. The van der Waals surface area contributed by atoms with Crippen LogP contribution in [-0.2, 0) is 17.7 Å². The van der Waals surface area contributed by atoms with Crippen LogP contribution in [0, 0.1) is 3.57 Å². The zero-order chi connectivity index (χ0) is 20.5. The fraction of sp³-hybridized carbons (Fsp3) is 0.250. The maximum Gasteiger partial charge on any atom is 0.251 e. The number of morpholine rings is 1. The van der Waals surface area contributed by atoms with E-state index in [1.54, 1.807) is 10.6 Å². The van der Waals surface area contributed by atoms with Crippen molar-refractivity contribution in [2.45, 2.75) is 13.0 Å². The fourth-order valence-corrected chi connectivity index (χ4v) is 4.70. The molecule has 0 radical (unpaired) electrons. The number of halogens is 1. The van der Waals surface area contributed by atoms with Crippen molar-refractivity contribution in [2.75, 3.05) is 31.2 Å². The van der Waals surface area contributed by atoms with Crippen LogP contribution in [0.4, 0.5) is 5.69 Å². The lowest BCUT2D eigenvalue weighted by Crippen LogP contribution is -2.36. The number of hydrogen-bond donors (Lipinski definition) is 0. The molecular weight excluding hydrogens is 489 g/mol. The van der Waals surface area contributed by atoms with Gasteiger partial charge in [0.1, 0.15) is 0 Å². The number of pyridine rings is 2. The Labute approximate surface area is 189 Å². The number of nitrogens with zero attached hydrogens (tertiary/aromatic N) is 3. The van der Waals surface area contributed by atoms with Crippen molar-refractivity contribution in [2.24, 2.45) is 0 Å². The molecule has 6 heteroatoms. The van der Waals surface area contributed by atoms with Gasteiger partial charge in [0.25, 0.3) is 5.56 Å². The minimum absolute atomic E-state index is 0.0120. The first kappa shape index (κ1) is 19.5. The van der Waals surface area contributed by atoms with E-state index >= 15 is 0 Å². The van der Waals surface area contributed by atoms with Crippen molar-refractivity contribution >= 4 is 33.9 Å². The Hall–Kier alpha value is -2.45. The molecule has 1 aliphatic carbocycles. The summed E-state index contributed by atoms with van der Waals surface area (Å²) in [5, 5.41) is 0. The molecule has 5 rings (SSSR count). The Morgan fingerprint density at radius 2 is 1.97 bits per heavy atom. The van der Waals surface area contributed by atoms with Crippen LogP contribution in [0.3, 0.4) is 0 Å². The van der Waals surface area contributed by atoms with E-state index in [2.05, 4.69) is 57.8 Å². The summed E-state index contributed by atoms with van der Waals surface area (Å²) in [5.74, 6) is 0. The highest BCUT2D eigenvalue weighted by atomic mass is 127. The van der Waals surface area contributed by atoms with Gasteiger partial charge in [-0.3, -0.25) is 9.78 Å². The van der Waals surface area contributed by atoms with Gasteiger partial charge in [-0.2, -0.15) is 0 Å². The van der Waals surface area contributed by atoms with Gasteiger partial charge in [0.15, 0.2) is 0 Å². The predicted molar refractivity (Wildman–Crippen MR) is 127 cm³/mol. The SMILES string of the molecule is O=c1cc(C2=CCc3ncc(N4CCOCC4)cc32)ccn1Cc1cccc(I)c1. The van der Waals surface area contributed by atoms with Crippen LogP contribution in [0.25, 0.3) is 5.57 Å². The van der Waals surface area contributed by atoms with Crippen LogP contribution in [0.5, 0.6) is 0 Å². The first-order valence-corrected chi connectivity index (χ1v) is 11.2. The van der Waals surface area contributed by atoms with Crippen LogP contribution < -0.4 is 10.5 Å².